The lowest BCUT2D eigenvalue weighted by molar-refractivity contribution is 0.649. The summed E-state index contributed by atoms with van der Waals surface area (Å²) in [5.74, 6) is 2.01. The molecule has 2 heterocycles. The largest absolute Gasteiger partial charge is 0.344 e. The summed E-state index contributed by atoms with van der Waals surface area (Å²) in [6.07, 6.45) is 9.61. The van der Waals surface area contributed by atoms with E-state index in [2.05, 4.69) is 189 Å². The second-order valence-corrected chi connectivity index (χ2v) is 16.8. The highest BCUT2D eigenvalue weighted by molar-refractivity contribution is 7.26. The molecule has 2 atom stereocenters. The molecule has 11 rings (SSSR count). The zero-order valence-corrected chi connectivity index (χ0v) is 32.1. The van der Waals surface area contributed by atoms with Gasteiger partial charge in [-0.05, 0) is 79.9 Å². The average molecular weight is 738 g/mol. The smallest absolute Gasteiger partial charge is 0.160 e. The third kappa shape index (κ3) is 5.24. The van der Waals surface area contributed by atoms with Crippen molar-refractivity contribution in [2.45, 2.75) is 37.8 Å². The summed E-state index contributed by atoms with van der Waals surface area (Å²) in [7, 11) is 0. The van der Waals surface area contributed by atoms with Gasteiger partial charge in [0.2, 0.25) is 0 Å². The molecule has 1 aliphatic heterocycles. The summed E-state index contributed by atoms with van der Waals surface area (Å²) >= 11 is 1.82. The monoisotopic (exact) mass is 737 g/mol. The fourth-order valence-electron chi connectivity index (χ4n) is 9.25. The zero-order valence-electron chi connectivity index (χ0n) is 31.3. The minimum absolute atomic E-state index is 0.240. The number of allylic oxidation sites excluding steroid dienone is 4. The molecule has 0 amide bonds. The predicted octanol–water partition coefficient (Wildman–Crippen LogP) is 13.3. The minimum atomic E-state index is -0.320. The number of hydrogen-bond acceptors (Lipinski definition) is 4. The molecule has 0 saturated carbocycles. The number of hydrogen-bond donors (Lipinski definition) is 1. The van der Waals surface area contributed by atoms with E-state index in [9.17, 15) is 0 Å². The Morgan fingerprint density at radius 2 is 1.41 bits per heavy atom. The van der Waals surface area contributed by atoms with Crippen molar-refractivity contribution in [2.24, 2.45) is 9.98 Å². The van der Waals surface area contributed by atoms with Gasteiger partial charge in [-0.25, -0.2) is 9.98 Å². The Hall–Kier alpha value is -6.36. The molecular weight excluding hydrogens is 699 g/mol. The maximum Gasteiger partial charge on any atom is 0.160 e. The maximum atomic E-state index is 5.42. The van der Waals surface area contributed by atoms with Crippen molar-refractivity contribution in [1.29, 1.82) is 0 Å². The molecule has 2 aliphatic carbocycles. The van der Waals surface area contributed by atoms with Crippen LogP contribution in [0, 0.1) is 0 Å². The van der Waals surface area contributed by atoms with Gasteiger partial charge in [-0.15, -0.1) is 11.3 Å². The zero-order chi connectivity index (χ0) is 37.4. The molecule has 4 heteroatoms. The number of thiophene rings is 1. The summed E-state index contributed by atoms with van der Waals surface area (Å²) in [6, 6.07) is 53.3. The summed E-state index contributed by atoms with van der Waals surface area (Å²) in [4.78, 5) is 10.6. The number of aliphatic imine (C=N–C) groups is 2. The fourth-order valence-corrected chi connectivity index (χ4v) is 10.5. The van der Waals surface area contributed by atoms with Crippen LogP contribution in [0.15, 0.2) is 180 Å². The van der Waals surface area contributed by atoms with E-state index in [1.807, 2.05) is 11.3 Å². The van der Waals surface area contributed by atoms with Gasteiger partial charge >= 0.3 is 0 Å². The van der Waals surface area contributed by atoms with Crippen LogP contribution >= 0.6 is 11.3 Å². The van der Waals surface area contributed by atoms with E-state index in [0.29, 0.717) is 5.92 Å². The van der Waals surface area contributed by atoms with Crippen molar-refractivity contribution in [3.63, 3.8) is 0 Å². The Bertz CT molecular complexity index is 3000. The van der Waals surface area contributed by atoms with Crippen molar-refractivity contribution < 1.29 is 0 Å². The van der Waals surface area contributed by atoms with E-state index in [1.54, 1.807) is 0 Å². The van der Waals surface area contributed by atoms with Gasteiger partial charge in [-0.2, -0.15) is 0 Å². The van der Waals surface area contributed by atoms with E-state index in [-0.39, 0.29) is 11.6 Å². The third-order valence-corrected chi connectivity index (χ3v) is 13.3. The van der Waals surface area contributed by atoms with Crippen LogP contribution in [0.1, 0.15) is 65.7 Å². The van der Waals surface area contributed by atoms with Gasteiger partial charge in [0.1, 0.15) is 12.0 Å². The molecule has 8 aromatic rings. The summed E-state index contributed by atoms with van der Waals surface area (Å²) in [5, 5.41) is 8.86. The SMILES string of the molecule is CC1(C)c2cc(C3N=C(c4cccc5c4sc4ccccc45)N=C(c4ccccc4)N3)ccc2-c2c(-c3ccc(C4C=CC=CC4)cc3)cc3ccccc3c21. The van der Waals surface area contributed by atoms with E-state index in [0.717, 1.165) is 34.8 Å². The maximum absolute atomic E-state index is 5.42. The molecule has 0 fully saturated rings. The lowest BCUT2D eigenvalue weighted by Gasteiger charge is -2.26. The van der Waals surface area contributed by atoms with Gasteiger partial charge in [0.05, 0.1) is 0 Å². The number of rotatable bonds is 5. The van der Waals surface area contributed by atoms with Crippen molar-refractivity contribution in [1.82, 2.24) is 5.32 Å². The van der Waals surface area contributed by atoms with E-state index >= 15 is 0 Å². The van der Waals surface area contributed by atoms with Gasteiger partial charge < -0.3 is 5.32 Å². The van der Waals surface area contributed by atoms with Gasteiger partial charge in [0.25, 0.3) is 0 Å². The van der Waals surface area contributed by atoms with E-state index in [1.165, 1.54) is 69.9 Å². The van der Waals surface area contributed by atoms with Crippen LogP contribution in [0.4, 0.5) is 0 Å². The number of amidine groups is 2. The minimum Gasteiger partial charge on any atom is -0.344 e. The average Bonchev–Trinajstić information content (AvgIpc) is 3.76. The molecule has 0 spiro atoms. The van der Waals surface area contributed by atoms with E-state index < -0.39 is 0 Å². The fraction of sp³-hybridized carbons (Fsp3) is 0.115. The summed E-state index contributed by atoms with van der Waals surface area (Å²) in [6.45, 7) is 4.79. The van der Waals surface area contributed by atoms with Crippen LogP contribution in [0.25, 0.3) is 53.2 Å². The lowest BCUT2D eigenvalue weighted by Crippen LogP contribution is -2.33. The van der Waals surface area contributed by atoms with E-state index in [4.69, 9.17) is 9.98 Å². The molecular formula is C52H39N3S. The van der Waals surface area contributed by atoms with Crippen LogP contribution in [-0.4, -0.2) is 11.7 Å². The molecule has 2 unspecified atom stereocenters. The van der Waals surface area contributed by atoms with Gasteiger partial charge in [-0.1, -0.05) is 166 Å². The normalized spacial score (nSPS) is 18.1. The van der Waals surface area contributed by atoms with Crippen LogP contribution in [-0.2, 0) is 5.41 Å². The highest BCUT2D eigenvalue weighted by atomic mass is 32.1. The van der Waals surface area contributed by atoms with Gasteiger partial charge in [-0.3, -0.25) is 0 Å². The number of nitrogens with zero attached hydrogens (tertiary/aromatic N) is 2. The number of benzene rings is 7. The standard InChI is InChI=1S/C52H39N3S/c1-52(2)44-31-37(50-53-49(35-16-7-4-8-17-35)54-51(55-50)42-22-13-21-40-39-20-11-12-23-45(39)56-48(40)42)28-29-41(44)46-43(30-36-18-9-10-19-38(36)47(46)52)34-26-24-33(25-27-34)32-14-5-3-6-15-32/h3-14,16-32,50H,15H2,1-2H3,(H,53,54,55). The van der Waals surface area contributed by atoms with Crippen molar-refractivity contribution in [3.8, 4) is 22.3 Å². The molecule has 56 heavy (non-hydrogen) atoms. The van der Waals surface area contributed by atoms with Gasteiger partial charge in [0, 0.05) is 42.6 Å². The molecule has 1 aromatic heterocycles. The first-order valence-electron chi connectivity index (χ1n) is 19.5. The molecule has 1 N–H and O–H groups in total. The first-order valence-corrected chi connectivity index (χ1v) is 20.4. The van der Waals surface area contributed by atoms with Crippen LogP contribution in [0.3, 0.4) is 0 Å². The molecule has 0 radical (unpaired) electrons. The third-order valence-electron chi connectivity index (χ3n) is 12.0. The Kier molecular flexibility index (Phi) is 7.58. The molecule has 3 nitrogen and oxygen atoms in total. The predicted molar refractivity (Wildman–Crippen MR) is 237 cm³/mol. The Balaban J connectivity index is 1.05. The quantitative estimate of drug-likeness (QED) is 0.188. The summed E-state index contributed by atoms with van der Waals surface area (Å²) in [5.41, 5.74) is 12.2. The van der Waals surface area contributed by atoms with Crippen molar-refractivity contribution in [2.75, 3.05) is 0 Å². The highest BCUT2D eigenvalue weighted by Gasteiger charge is 2.39. The lowest BCUT2D eigenvalue weighted by atomic mass is 9.79. The topological polar surface area (TPSA) is 36.8 Å². The van der Waals surface area contributed by atoms with Crippen LogP contribution < -0.4 is 5.32 Å². The number of fused-ring (bicyclic) bond motifs is 8. The Labute approximate surface area is 331 Å². The number of nitrogens with one attached hydrogen (secondary N) is 1. The second-order valence-electron chi connectivity index (χ2n) is 15.7. The van der Waals surface area contributed by atoms with Gasteiger partial charge in [0.15, 0.2) is 5.84 Å². The van der Waals surface area contributed by atoms with Crippen LogP contribution in [0.2, 0.25) is 0 Å². The second kappa shape index (κ2) is 12.9. The highest BCUT2D eigenvalue weighted by Crippen LogP contribution is 2.55. The molecule has 0 bridgehead atoms. The van der Waals surface area contributed by atoms with Crippen molar-refractivity contribution >= 4 is 54.0 Å². The molecule has 3 aliphatic rings. The first-order chi connectivity index (χ1) is 27.5. The van der Waals surface area contributed by atoms with Crippen LogP contribution in [0.5, 0.6) is 0 Å². The molecule has 0 saturated heterocycles. The molecule has 268 valence electrons. The Morgan fingerprint density at radius 1 is 0.643 bits per heavy atom. The summed E-state index contributed by atoms with van der Waals surface area (Å²) < 4.78 is 2.49. The molecule has 7 aromatic carbocycles. The first kappa shape index (κ1) is 33.0. The van der Waals surface area contributed by atoms with Crippen molar-refractivity contribution in [3.05, 3.63) is 203 Å². The Morgan fingerprint density at radius 3 is 2.25 bits per heavy atom.